The second-order valence-corrected chi connectivity index (χ2v) is 5.89. The van der Waals surface area contributed by atoms with Crippen molar-refractivity contribution in [2.75, 3.05) is 13.2 Å². The topological polar surface area (TPSA) is 66.6 Å². The Morgan fingerprint density at radius 1 is 1.13 bits per heavy atom. The molecule has 118 valence electrons. The molecule has 0 amide bonds. The summed E-state index contributed by atoms with van der Waals surface area (Å²) in [5.41, 5.74) is 0. The van der Waals surface area contributed by atoms with E-state index in [1.165, 1.54) is 0 Å². The minimum absolute atomic E-state index is 0.231. The number of fused-ring (bicyclic) bond motifs is 1. The Kier molecular flexibility index (Phi) is 3.85. The molecule has 0 bridgehead atoms. The first-order chi connectivity index (χ1) is 11.4. The third-order valence-electron chi connectivity index (χ3n) is 3.29. The zero-order valence-corrected chi connectivity index (χ0v) is 13.0. The number of benzene rings is 1. The molecule has 4 rings (SSSR count). The molecule has 0 unspecified atom stereocenters. The Hall–Kier alpha value is -2.54. The van der Waals surface area contributed by atoms with E-state index in [4.69, 9.17) is 18.7 Å². The summed E-state index contributed by atoms with van der Waals surface area (Å²) in [4.78, 5) is 5.27. The number of thiophene rings is 1. The molecule has 0 spiro atoms. The normalized spacial score (nSPS) is 13.6. The van der Waals surface area contributed by atoms with E-state index in [1.54, 1.807) is 11.3 Å². The van der Waals surface area contributed by atoms with Crippen LogP contribution >= 0.6 is 11.3 Å². The first kappa shape index (κ1) is 14.1. The van der Waals surface area contributed by atoms with E-state index in [1.807, 2.05) is 35.7 Å². The molecular formula is C16H14N2O4S. The van der Waals surface area contributed by atoms with Gasteiger partial charge in [0.2, 0.25) is 5.82 Å². The van der Waals surface area contributed by atoms with Gasteiger partial charge in [0.1, 0.15) is 5.75 Å². The van der Waals surface area contributed by atoms with Crippen LogP contribution in [0.15, 0.2) is 40.2 Å². The highest BCUT2D eigenvalue weighted by Gasteiger charge is 2.13. The highest BCUT2D eigenvalue weighted by Crippen LogP contribution is 2.33. The molecule has 0 saturated carbocycles. The monoisotopic (exact) mass is 330 g/mol. The Labute approximate surface area is 136 Å². The maximum absolute atomic E-state index is 5.71. The number of hydrogen-bond donors (Lipinski definition) is 0. The lowest BCUT2D eigenvalue weighted by Gasteiger charge is -2.09. The summed E-state index contributed by atoms with van der Waals surface area (Å²) in [6.07, 6.45) is 0.874. The van der Waals surface area contributed by atoms with Gasteiger partial charge >= 0.3 is 0 Å². The van der Waals surface area contributed by atoms with Crippen LogP contribution < -0.4 is 14.2 Å². The quantitative estimate of drug-likeness (QED) is 0.729. The summed E-state index contributed by atoms with van der Waals surface area (Å²) < 4.78 is 22.2. The van der Waals surface area contributed by atoms with E-state index in [0.717, 1.165) is 17.0 Å². The van der Waals surface area contributed by atoms with Crippen molar-refractivity contribution < 1.29 is 18.7 Å². The van der Waals surface area contributed by atoms with Gasteiger partial charge in [-0.25, -0.2) is 0 Å². The molecule has 23 heavy (non-hydrogen) atoms. The van der Waals surface area contributed by atoms with E-state index in [9.17, 15) is 0 Å². The Balaban J connectivity index is 1.44. The van der Waals surface area contributed by atoms with Gasteiger partial charge < -0.3 is 18.7 Å². The van der Waals surface area contributed by atoms with Crippen LogP contribution in [0.25, 0.3) is 10.8 Å². The zero-order chi connectivity index (χ0) is 15.5. The van der Waals surface area contributed by atoms with Gasteiger partial charge in [0.15, 0.2) is 18.1 Å². The van der Waals surface area contributed by atoms with Crippen LogP contribution in [0, 0.1) is 0 Å². The maximum atomic E-state index is 5.71. The van der Waals surface area contributed by atoms with Crippen molar-refractivity contribution in [1.82, 2.24) is 10.1 Å². The van der Waals surface area contributed by atoms with Crippen molar-refractivity contribution in [3.05, 3.63) is 41.5 Å². The smallest absolute Gasteiger partial charge is 0.268 e. The fourth-order valence-corrected chi connectivity index (χ4v) is 2.84. The van der Waals surface area contributed by atoms with E-state index < -0.39 is 0 Å². The zero-order valence-electron chi connectivity index (χ0n) is 12.2. The largest absolute Gasteiger partial charge is 0.490 e. The molecule has 3 aromatic rings. The molecule has 6 nitrogen and oxygen atoms in total. The van der Waals surface area contributed by atoms with Gasteiger partial charge in [-0.3, -0.25) is 0 Å². The summed E-state index contributed by atoms with van der Waals surface area (Å²) in [5, 5.41) is 5.90. The third-order valence-corrected chi connectivity index (χ3v) is 4.14. The molecule has 0 radical (unpaired) electrons. The summed E-state index contributed by atoms with van der Waals surface area (Å²) in [5.74, 6) is 3.14. The Bertz CT molecular complexity index is 785. The molecule has 3 heterocycles. The molecule has 0 saturated heterocycles. The highest BCUT2D eigenvalue weighted by molar-refractivity contribution is 7.13. The van der Waals surface area contributed by atoms with Gasteiger partial charge in [0.05, 0.1) is 18.1 Å². The Morgan fingerprint density at radius 3 is 2.91 bits per heavy atom. The predicted molar refractivity (Wildman–Crippen MR) is 84.0 cm³/mol. The summed E-state index contributed by atoms with van der Waals surface area (Å²) >= 11 is 1.55. The van der Waals surface area contributed by atoms with Crippen LogP contribution in [-0.4, -0.2) is 23.4 Å². The lowest BCUT2D eigenvalue weighted by atomic mass is 10.3. The van der Waals surface area contributed by atoms with Crippen molar-refractivity contribution in [2.24, 2.45) is 0 Å². The van der Waals surface area contributed by atoms with Crippen LogP contribution in [0.5, 0.6) is 17.2 Å². The number of aromatic nitrogens is 2. The average Bonchev–Trinajstić information content (AvgIpc) is 3.20. The van der Waals surface area contributed by atoms with Gasteiger partial charge in [-0.1, -0.05) is 11.2 Å². The molecule has 7 heteroatoms. The number of rotatable bonds is 4. The van der Waals surface area contributed by atoms with Gasteiger partial charge in [0, 0.05) is 12.5 Å². The standard InChI is InChI=1S/C16H14N2O4S/c1-3-14(23-8-1)16-17-15(18-22-16)10-21-11-4-5-12-13(9-11)20-7-2-6-19-12/h1,3-5,8-9H,2,6-7,10H2. The molecule has 0 N–H and O–H groups in total. The van der Waals surface area contributed by atoms with E-state index >= 15 is 0 Å². The van der Waals surface area contributed by atoms with Gasteiger partial charge in [-0.2, -0.15) is 4.98 Å². The van der Waals surface area contributed by atoms with E-state index in [0.29, 0.717) is 36.4 Å². The van der Waals surface area contributed by atoms with Gasteiger partial charge in [0.25, 0.3) is 5.89 Å². The third kappa shape index (κ3) is 3.14. The number of nitrogens with zero attached hydrogens (tertiary/aromatic N) is 2. The molecule has 1 aliphatic rings. The first-order valence-electron chi connectivity index (χ1n) is 7.27. The van der Waals surface area contributed by atoms with Crippen LogP contribution in [-0.2, 0) is 6.61 Å². The molecule has 1 aromatic carbocycles. The molecule has 0 atom stereocenters. The lowest BCUT2D eigenvalue weighted by molar-refractivity contribution is 0.282. The second-order valence-electron chi connectivity index (χ2n) is 4.94. The lowest BCUT2D eigenvalue weighted by Crippen LogP contribution is -1.98. The average molecular weight is 330 g/mol. The predicted octanol–water partition coefficient (Wildman–Crippen LogP) is 3.54. The SMILES string of the molecule is c1csc(-c2nc(COc3ccc4c(c3)OCCCO4)no2)c1. The minimum Gasteiger partial charge on any atom is -0.490 e. The molecule has 0 fully saturated rings. The maximum Gasteiger partial charge on any atom is 0.268 e. The summed E-state index contributed by atoms with van der Waals surface area (Å²) in [6.45, 7) is 1.54. The van der Waals surface area contributed by atoms with E-state index in [-0.39, 0.29) is 6.61 Å². The number of ether oxygens (including phenoxy) is 3. The van der Waals surface area contributed by atoms with Crippen molar-refractivity contribution in [3.8, 4) is 28.0 Å². The molecular weight excluding hydrogens is 316 g/mol. The highest BCUT2D eigenvalue weighted by atomic mass is 32.1. The van der Waals surface area contributed by atoms with Crippen molar-refractivity contribution in [2.45, 2.75) is 13.0 Å². The fourth-order valence-electron chi connectivity index (χ4n) is 2.19. The minimum atomic E-state index is 0.231. The van der Waals surface area contributed by atoms with Crippen LogP contribution in [0.3, 0.4) is 0 Å². The van der Waals surface area contributed by atoms with Crippen molar-refractivity contribution in [1.29, 1.82) is 0 Å². The molecule has 1 aliphatic heterocycles. The van der Waals surface area contributed by atoms with Crippen LogP contribution in [0.1, 0.15) is 12.2 Å². The van der Waals surface area contributed by atoms with Crippen LogP contribution in [0.2, 0.25) is 0 Å². The molecule has 2 aromatic heterocycles. The van der Waals surface area contributed by atoms with Crippen molar-refractivity contribution >= 4 is 11.3 Å². The van der Waals surface area contributed by atoms with Crippen molar-refractivity contribution in [3.63, 3.8) is 0 Å². The first-order valence-corrected chi connectivity index (χ1v) is 8.15. The fraction of sp³-hybridized carbons (Fsp3) is 0.250. The Morgan fingerprint density at radius 2 is 2.04 bits per heavy atom. The number of hydrogen-bond acceptors (Lipinski definition) is 7. The van der Waals surface area contributed by atoms with Crippen LogP contribution in [0.4, 0.5) is 0 Å². The van der Waals surface area contributed by atoms with Gasteiger partial charge in [-0.05, 0) is 23.6 Å². The second kappa shape index (κ2) is 6.29. The summed E-state index contributed by atoms with van der Waals surface area (Å²) in [7, 11) is 0. The molecule has 0 aliphatic carbocycles. The van der Waals surface area contributed by atoms with E-state index in [2.05, 4.69) is 10.1 Å². The van der Waals surface area contributed by atoms with Gasteiger partial charge in [-0.15, -0.1) is 11.3 Å². The summed E-state index contributed by atoms with van der Waals surface area (Å²) in [6, 6.07) is 9.39.